The van der Waals surface area contributed by atoms with Crippen LogP contribution in [-0.4, -0.2) is 46.4 Å². The van der Waals surface area contributed by atoms with E-state index in [2.05, 4.69) is 25.5 Å². The Morgan fingerprint density at radius 3 is 2.72 bits per heavy atom. The van der Waals surface area contributed by atoms with Crippen molar-refractivity contribution < 1.29 is 9.59 Å². The Labute approximate surface area is 211 Å². The quantitative estimate of drug-likeness (QED) is 0.545. The average Bonchev–Trinajstić information content (AvgIpc) is 3.40. The Balaban J connectivity index is 1.34. The molecule has 9 heteroatoms. The van der Waals surface area contributed by atoms with Crippen molar-refractivity contribution in [2.45, 2.75) is 51.6 Å². The number of nitrogens with zero attached hydrogens (tertiary/aromatic N) is 5. The molecule has 9 nitrogen and oxygen atoms in total. The zero-order valence-electron chi connectivity index (χ0n) is 20.7. The maximum absolute atomic E-state index is 12.6. The zero-order chi connectivity index (χ0) is 25.1. The van der Waals surface area contributed by atoms with Crippen LogP contribution in [0.2, 0.25) is 0 Å². The van der Waals surface area contributed by atoms with Crippen molar-refractivity contribution in [2.24, 2.45) is 0 Å². The lowest BCUT2D eigenvalue weighted by atomic mass is 10.1. The Bertz CT molecular complexity index is 1260. The van der Waals surface area contributed by atoms with Gasteiger partial charge >= 0.3 is 0 Å². The summed E-state index contributed by atoms with van der Waals surface area (Å²) in [6.07, 6.45) is 8.55. The van der Waals surface area contributed by atoms with Crippen LogP contribution in [0.4, 0.5) is 23.1 Å². The topological polar surface area (TPSA) is 103 Å². The molecule has 186 valence electrons. The van der Waals surface area contributed by atoms with Crippen molar-refractivity contribution in [1.29, 1.82) is 0 Å². The lowest BCUT2D eigenvalue weighted by Crippen LogP contribution is -2.34. The van der Waals surface area contributed by atoms with E-state index in [4.69, 9.17) is 4.98 Å². The van der Waals surface area contributed by atoms with Crippen LogP contribution in [0, 0.1) is 6.92 Å². The first-order valence-electron chi connectivity index (χ1n) is 12.5. The van der Waals surface area contributed by atoms with E-state index in [-0.39, 0.29) is 11.8 Å². The van der Waals surface area contributed by atoms with Gasteiger partial charge in [0.1, 0.15) is 5.69 Å². The first-order valence-corrected chi connectivity index (χ1v) is 12.5. The Morgan fingerprint density at radius 2 is 1.97 bits per heavy atom. The van der Waals surface area contributed by atoms with Crippen LogP contribution in [0.1, 0.15) is 53.7 Å². The van der Waals surface area contributed by atoms with E-state index in [1.807, 2.05) is 37.3 Å². The Morgan fingerprint density at radius 1 is 1.14 bits per heavy atom. The second-order valence-corrected chi connectivity index (χ2v) is 9.40. The van der Waals surface area contributed by atoms with Gasteiger partial charge in [-0.05, 0) is 55.7 Å². The maximum Gasteiger partial charge on any atom is 0.251 e. The van der Waals surface area contributed by atoms with E-state index >= 15 is 0 Å². The summed E-state index contributed by atoms with van der Waals surface area (Å²) < 4.78 is 0. The maximum atomic E-state index is 12.6. The smallest absolute Gasteiger partial charge is 0.251 e. The fourth-order valence-electron chi connectivity index (χ4n) is 4.91. The monoisotopic (exact) mass is 485 g/mol. The number of aromatic nitrogens is 3. The second-order valence-electron chi connectivity index (χ2n) is 9.40. The Hall–Kier alpha value is -4.01. The standard InChI is InChI=1S/C27H31N7O2/c1-18-15-19(26(36)29-16-20-7-5-6-13-28-20)10-11-22(18)31-27-30-17-23-25(32-27)34(21-8-3-4-9-21)14-12-24(35)33(23)2/h5-7,10-11,13,15,17,21H,3-4,8-9,12,14,16H2,1-2H3,(H,29,36)(H,30,31,32). The molecule has 3 heterocycles. The van der Waals surface area contributed by atoms with Crippen LogP contribution in [0.3, 0.4) is 0 Å². The van der Waals surface area contributed by atoms with Crippen LogP contribution in [0.5, 0.6) is 0 Å². The molecular weight excluding hydrogens is 454 g/mol. The fraction of sp³-hybridized carbons (Fsp3) is 0.370. The number of nitrogens with one attached hydrogen (secondary N) is 2. The number of carbonyl (C=O) groups excluding carboxylic acids is 2. The molecule has 5 rings (SSSR count). The number of fused-ring (bicyclic) bond motifs is 1. The summed E-state index contributed by atoms with van der Waals surface area (Å²) in [5.74, 6) is 1.19. The number of benzene rings is 1. The number of aryl methyl sites for hydroxylation is 1. The molecule has 0 atom stereocenters. The normalized spacial score (nSPS) is 16.0. The highest BCUT2D eigenvalue weighted by molar-refractivity contribution is 5.97. The van der Waals surface area contributed by atoms with Gasteiger partial charge in [0, 0.05) is 43.5 Å². The van der Waals surface area contributed by atoms with Gasteiger partial charge in [0.25, 0.3) is 5.91 Å². The van der Waals surface area contributed by atoms with E-state index in [0.717, 1.165) is 41.3 Å². The predicted molar refractivity (Wildman–Crippen MR) is 140 cm³/mol. The third kappa shape index (κ3) is 5.00. The molecule has 36 heavy (non-hydrogen) atoms. The van der Waals surface area contributed by atoms with Gasteiger partial charge in [-0.1, -0.05) is 18.9 Å². The molecule has 1 aromatic carbocycles. The molecule has 2 aliphatic rings. The number of amides is 2. The molecule has 0 bridgehead atoms. The Kier molecular flexibility index (Phi) is 6.79. The molecule has 0 saturated heterocycles. The van der Waals surface area contributed by atoms with Crippen molar-refractivity contribution in [1.82, 2.24) is 20.3 Å². The summed E-state index contributed by atoms with van der Waals surface area (Å²) >= 11 is 0. The minimum Gasteiger partial charge on any atom is -0.351 e. The number of pyridine rings is 1. The largest absolute Gasteiger partial charge is 0.351 e. The van der Waals surface area contributed by atoms with E-state index in [1.165, 1.54) is 12.8 Å². The summed E-state index contributed by atoms with van der Waals surface area (Å²) in [5, 5.41) is 6.22. The highest BCUT2D eigenvalue weighted by atomic mass is 16.2. The summed E-state index contributed by atoms with van der Waals surface area (Å²) in [5.41, 5.74) is 3.84. The van der Waals surface area contributed by atoms with E-state index in [0.29, 0.717) is 37.1 Å². The lowest BCUT2D eigenvalue weighted by molar-refractivity contribution is -0.118. The molecule has 3 aromatic rings. The molecule has 0 radical (unpaired) electrons. The van der Waals surface area contributed by atoms with Crippen LogP contribution in [0.15, 0.2) is 48.8 Å². The highest BCUT2D eigenvalue weighted by Crippen LogP contribution is 2.36. The summed E-state index contributed by atoms with van der Waals surface area (Å²) in [7, 11) is 1.79. The second kappa shape index (κ2) is 10.3. The minimum atomic E-state index is -0.156. The molecular formula is C27H31N7O2. The number of carbonyl (C=O) groups is 2. The van der Waals surface area contributed by atoms with Crippen molar-refractivity contribution in [3.63, 3.8) is 0 Å². The van der Waals surface area contributed by atoms with Crippen molar-refractivity contribution in [3.05, 3.63) is 65.6 Å². The van der Waals surface area contributed by atoms with Crippen LogP contribution >= 0.6 is 0 Å². The molecule has 1 aliphatic carbocycles. The number of hydrogen-bond acceptors (Lipinski definition) is 7. The minimum absolute atomic E-state index is 0.0776. The van der Waals surface area contributed by atoms with Gasteiger partial charge in [-0.2, -0.15) is 4.98 Å². The molecule has 1 saturated carbocycles. The van der Waals surface area contributed by atoms with Gasteiger partial charge in [-0.25, -0.2) is 4.98 Å². The average molecular weight is 486 g/mol. The summed E-state index contributed by atoms with van der Waals surface area (Å²) in [6, 6.07) is 11.5. The third-order valence-electron chi connectivity index (χ3n) is 6.98. The molecule has 1 aliphatic heterocycles. The van der Waals surface area contributed by atoms with Gasteiger partial charge < -0.3 is 20.4 Å². The molecule has 2 N–H and O–H groups in total. The van der Waals surface area contributed by atoms with Gasteiger partial charge in [0.15, 0.2) is 5.82 Å². The van der Waals surface area contributed by atoms with E-state index in [1.54, 1.807) is 30.4 Å². The zero-order valence-corrected chi connectivity index (χ0v) is 20.7. The molecule has 0 unspecified atom stereocenters. The van der Waals surface area contributed by atoms with Crippen LogP contribution in [-0.2, 0) is 11.3 Å². The van der Waals surface area contributed by atoms with Gasteiger partial charge in [0.2, 0.25) is 11.9 Å². The first-order chi connectivity index (χ1) is 17.5. The van der Waals surface area contributed by atoms with Crippen molar-refractivity contribution in [3.8, 4) is 0 Å². The lowest BCUT2D eigenvalue weighted by Gasteiger charge is -2.30. The number of anilines is 4. The van der Waals surface area contributed by atoms with Gasteiger partial charge in [-0.3, -0.25) is 14.6 Å². The third-order valence-corrected chi connectivity index (χ3v) is 6.98. The predicted octanol–water partition coefficient (Wildman–Crippen LogP) is 3.97. The highest BCUT2D eigenvalue weighted by Gasteiger charge is 2.31. The molecule has 2 amide bonds. The SMILES string of the molecule is Cc1cc(C(=O)NCc2ccccn2)ccc1Nc1ncc2c(n1)N(C1CCCC1)CCC(=O)N2C. The van der Waals surface area contributed by atoms with Gasteiger partial charge in [-0.15, -0.1) is 0 Å². The summed E-state index contributed by atoms with van der Waals surface area (Å²) in [4.78, 5) is 42.8. The first kappa shape index (κ1) is 23.7. The van der Waals surface area contributed by atoms with Crippen molar-refractivity contribution in [2.75, 3.05) is 28.7 Å². The number of hydrogen-bond donors (Lipinski definition) is 2. The van der Waals surface area contributed by atoms with Gasteiger partial charge in [0.05, 0.1) is 18.4 Å². The van der Waals surface area contributed by atoms with Crippen LogP contribution < -0.4 is 20.4 Å². The van der Waals surface area contributed by atoms with E-state index < -0.39 is 0 Å². The fourth-order valence-corrected chi connectivity index (χ4v) is 4.91. The molecule has 2 aromatic heterocycles. The number of rotatable bonds is 6. The van der Waals surface area contributed by atoms with Crippen LogP contribution in [0.25, 0.3) is 0 Å². The molecule has 1 fully saturated rings. The van der Waals surface area contributed by atoms with Crippen molar-refractivity contribution >= 4 is 35.0 Å². The summed E-state index contributed by atoms with van der Waals surface area (Å²) in [6.45, 7) is 2.98. The molecule has 0 spiro atoms. The van der Waals surface area contributed by atoms with E-state index in [9.17, 15) is 9.59 Å².